The van der Waals surface area contributed by atoms with Crippen LogP contribution in [-0.2, 0) is 0 Å². The molecular formula is C22H24N4S. The highest BCUT2D eigenvalue weighted by Gasteiger charge is 2.17. The van der Waals surface area contributed by atoms with Gasteiger partial charge >= 0.3 is 0 Å². The Morgan fingerprint density at radius 2 is 1.63 bits per heavy atom. The fraction of sp³-hybridized carbons (Fsp3) is 0.227. The van der Waals surface area contributed by atoms with E-state index in [1.165, 1.54) is 5.69 Å². The summed E-state index contributed by atoms with van der Waals surface area (Å²) in [7, 11) is 0. The van der Waals surface area contributed by atoms with Crippen LogP contribution in [0.2, 0.25) is 0 Å². The third-order valence-electron chi connectivity index (χ3n) is 4.77. The third kappa shape index (κ3) is 4.56. The lowest BCUT2D eigenvalue weighted by Gasteiger charge is -2.36. The van der Waals surface area contributed by atoms with Crippen molar-refractivity contribution in [1.29, 1.82) is 0 Å². The summed E-state index contributed by atoms with van der Waals surface area (Å²) in [6.45, 7) is 9.24. The van der Waals surface area contributed by atoms with E-state index in [4.69, 9.17) is 0 Å². The SMILES string of the molecule is C=C(CN1CCN(c2ccccc2)CC1)Nc1nc(-c2ccccc2)cs1. The quantitative estimate of drug-likeness (QED) is 0.683. The van der Waals surface area contributed by atoms with Crippen molar-refractivity contribution >= 4 is 22.2 Å². The smallest absolute Gasteiger partial charge is 0.187 e. The molecule has 1 aromatic heterocycles. The van der Waals surface area contributed by atoms with Gasteiger partial charge in [-0.3, -0.25) is 4.90 Å². The second-order valence-electron chi connectivity index (χ2n) is 6.73. The molecule has 0 aliphatic carbocycles. The van der Waals surface area contributed by atoms with Gasteiger partial charge in [-0.1, -0.05) is 55.1 Å². The van der Waals surface area contributed by atoms with Crippen LogP contribution in [-0.4, -0.2) is 42.6 Å². The Labute approximate surface area is 164 Å². The standard InChI is InChI=1S/C22H24N4S/c1-18(23-22-24-21(17-27-22)19-8-4-2-5-9-19)16-25-12-14-26(15-13-25)20-10-6-3-7-11-20/h2-11,17H,1,12-16H2,(H,23,24). The van der Waals surface area contributed by atoms with E-state index in [9.17, 15) is 0 Å². The summed E-state index contributed by atoms with van der Waals surface area (Å²) in [5, 5.41) is 6.37. The number of hydrogen-bond donors (Lipinski definition) is 1. The van der Waals surface area contributed by atoms with E-state index < -0.39 is 0 Å². The summed E-state index contributed by atoms with van der Waals surface area (Å²) >= 11 is 1.62. The van der Waals surface area contributed by atoms with Crippen molar-refractivity contribution in [2.24, 2.45) is 0 Å². The summed E-state index contributed by atoms with van der Waals surface area (Å²) in [6, 6.07) is 20.9. The highest BCUT2D eigenvalue weighted by atomic mass is 32.1. The molecule has 0 bridgehead atoms. The molecule has 0 spiro atoms. The topological polar surface area (TPSA) is 31.4 Å². The number of rotatable bonds is 6. The molecule has 138 valence electrons. The fourth-order valence-corrected chi connectivity index (χ4v) is 4.10. The van der Waals surface area contributed by atoms with Gasteiger partial charge in [-0.2, -0.15) is 0 Å². The van der Waals surface area contributed by atoms with E-state index in [0.717, 1.165) is 54.8 Å². The molecule has 2 aromatic carbocycles. The summed E-state index contributed by atoms with van der Waals surface area (Å²) in [4.78, 5) is 9.57. The lowest BCUT2D eigenvalue weighted by Crippen LogP contribution is -2.47. The molecule has 0 unspecified atom stereocenters. The Kier molecular flexibility index (Phi) is 5.51. The van der Waals surface area contributed by atoms with E-state index >= 15 is 0 Å². The molecule has 1 fully saturated rings. The van der Waals surface area contributed by atoms with Crippen molar-refractivity contribution in [3.63, 3.8) is 0 Å². The van der Waals surface area contributed by atoms with Crippen molar-refractivity contribution in [3.05, 3.63) is 78.3 Å². The van der Waals surface area contributed by atoms with E-state index in [1.807, 2.05) is 18.2 Å². The van der Waals surface area contributed by atoms with Crippen molar-refractivity contribution in [2.45, 2.75) is 0 Å². The maximum atomic E-state index is 4.69. The first kappa shape index (κ1) is 17.8. The highest BCUT2D eigenvalue weighted by Crippen LogP contribution is 2.25. The van der Waals surface area contributed by atoms with Gasteiger partial charge in [0.25, 0.3) is 0 Å². The lowest BCUT2D eigenvalue weighted by atomic mass is 10.2. The van der Waals surface area contributed by atoms with Gasteiger partial charge < -0.3 is 10.2 Å². The molecule has 3 aromatic rings. The minimum Gasteiger partial charge on any atom is -0.369 e. The van der Waals surface area contributed by atoms with Crippen molar-refractivity contribution in [2.75, 3.05) is 42.9 Å². The molecule has 27 heavy (non-hydrogen) atoms. The van der Waals surface area contributed by atoms with Gasteiger partial charge in [-0.15, -0.1) is 11.3 Å². The van der Waals surface area contributed by atoms with E-state index in [2.05, 4.69) is 74.5 Å². The van der Waals surface area contributed by atoms with E-state index in [1.54, 1.807) is 11.3 Å². The molecule has 4 nitrogen and oxygen atoms in total. The van der Waals surface area contributed by atoms with E-state index in [0.29, 0.717) is 0 Å². The van der Waals surface area contributed by atoms with Crippen LogP contribution in [0.4, 0.5) is 10.8 Å². The summed E-state index contributed by atoms with van der Waals surface area (Å²) in [5.74, 6) is 0. The van der Waals surface area contributed by atoms with Gasteiger partial charge in [-0.25, -0.2) is 4.98 Å². The van der Waals surface area contributed by atoms with E-state index in [-0.39, 0.29) is 0 Å². The van der Waals surface area contributed by atoms with Crippen LogP contribution >= 0.6 is 11.3 Å². The van der Waals surface area contributed by atoms with Crippen LogP contribution in [0.3, 0.4) is 0 Å². The summed E-state index contributed by atoms with van der Waals surface area (Å²) in [6.07, 6.45) is 0. The van der Waals surface area contributed by atoms with Crippen LogP contribution in [0.25, 0.3) is 11.3 Å². The Morgan fingerprint density at radius 1 is 0.963 bits per heavy atom. The van der Waals surface area contributed by atoms with Crippen molar-refractivity contribution < 1.29 is 0 Å². The molecule has 2 heterocycles. The Balaban J connectivity index is 1.27. The Hall–Kier alpha value is -2.63. The molecule has 1 aliphatic heterocycles. The lowest BCUT2D eigenvalue weighted by molar-refractivity contribution is 0.279. The minimum absolute atomic E-state index is 0.850. The molecule has 1 saturated heterocycles. The number of anilines is 2. The molecule has 1 N–H and O–H groups in total. The number of aromatic nitrogens is 1. The molecule has 4 rings (SSSR count). The van der Waals surface area contributed by atoms with Crippen LogP contribution in [0.5, 0.6) is 0 Å². The minimum atomic E-state index is 0.850. The molecule has 5 heteroatoms. The van der Waals surface area contributed by atoms with Gasteiger partial charge in [0.1, 0.15) is 0 Å². The van der Waals surface area contributed by atoms with Crippen LogP contribution in [0.1, 0.15) is 0 Å². The molecule has 0 radical (unpaired) electrons. The molecule has 0 atom stereocenters. The number of nitrogens with one attached hydrogen (secondary N) is 1. The first-order chi connectivity index (χ1) is 13.3. The van der Waals surface area contributed by atoms with Crippen LogP contribution < -0.4 is 10.2 Å². The van der Waals surface area contributed by atoms with Gasteiger partial charge in [0, 0.05) is 55.1 Å². The van der Waals surface area contributed by atoms with Gasteiger partial charge in [0.05, 0.1) is 5.69 Å². The zero-order valence-electron chi connectivity index (χ0n) is 15.3. The number of nitrogens with zero attached hydrogens (tertiary/aromatic N) is 3. The van der Waals surface area contributed by atoms with Crippen molar-refractivity contribution in [1.82, 2.24) is 9.88 Å². The number of thiazole rings is 1. The monoisotopic (exact) mass is 376 g/mol. The number of para-hydroxylation sites is 1. The fourth-order valence-electron chi connectivity index (χ4n) is 3.34. The second-order valence-corrected chi connectivity index (χ2v) is 7.59. The predicted molar refractivity (Wildman–Crippen MR) is 115 cm³/mol. The predicted octanol–water partition coefficient (Wildman–Crippen LogP) is 4.56. The maximum Gasteiger partial charge on any atom is 0.187 e. The molecule has 1 aliphatic rings. The largest absolute Gasteiger partial charge is 0.369 e. The summed E-state index contributed by atoms with van der Waals surface area (Å²) < 4.78 is 0. The summed E-state index contributed by atoms with van der Waals surface area (Å²) in [5.41, 5.74) is 4.46. The molecular weight excluding hydrogens is 352 g/mol. The first-order valence-corrected chi connectivity index (χ1v) is 10.1. The third-order valence-corrected chi connectivity index (χ3v) is 5.52. The number of benzene rings is 2. The zero-order chi connectivity index (χ0) is 18.5. The van der Waals surface area contributed by atoms with Crippen molar-refractivity contribution in [3.8, 4) is 11.3 Å². The van der Waals surface area contributed by atoms with Crippen LogP contribution in [0, 0.1) is 0 Å². The highest BCUT2D eigenvalue weighted by molar-refractivity contribution is 7.14. The molecule has 0 saturated carbocycles. The number of hydrogen-bond acceptors (Lipinski definition) is 5. The number of piperazine rings is 1. The zero-order valence-corrected chi connectivity index (χ0v) is 16.2. The maximum absolute atomic E-state index is 4.69. The van der Waals surface area contributed by atoms with Gasteiger partial charge in [0.15, 0.2) is 5.13 Å². The average molecular weight is 377 g/mol. The van der Waals surface area contributed by atoms with Gasteiger partial charge in [0.2, 0.25) is 0 Å². The normalized spacial score (nSPS) is 14.9. The Morgan fingerprint density at radius 3 is 2.33 bits per heavy atom. The van der Waals surface area contributed by atoms with Gasteiger partial charge in [-0.05, 0) is 12.1 Å². The van der Waals surface area contributed by atoms with Crippen LogP contribution in [0.15, 0.2) is 78.3 Å². The first-order valence-electron chi connectivity index (χ1n) is 9.26. The average Bonchev–Trinajstić information content (AvgIpc) is 3.18. The Bertz CT molecular complexity index is 868. The second kappa shape index (κ2) is 8.37. The molecule has 0 amide bonds.